The average Bonchev–Trinajstić information content (AvgIpc) is 3.18. The third-order valence-electron chi connectivity index (χ3n) is 5.18. The average molecular weight is 417 g/mol. The number of nitrogens with zero attached hydrogens (tertiary/aromatic N) is 5. The molecule has 0 bridgehead atoms. The zero-order valence-corrected chi connectivity index (χ0v) is 15.5. The fraction of sp³-hybridized carbons (Fsp3) is 0.588. The second-order valence-electron chi connectivity index (χ2n) is 7.09. The predicted octanol–water partition coefficient (Wildman–Crippen LogP) is 1.94. The Morgan fingerprint density at radius 1 is 1.31 bits per heavy atom. The third kappa shape index (κ3) is 3.56. The van der Waals surface area contributed by atoms with E-state index in [1.807, 2.05) is 0 Å². The molecule has 0 spiro atoms. The quantitative estimate of drug-likeness (QED) is 0.707. The summed E-state index contributed by atoms with van der Waals surface area (Å²) in [6.07, 6.45) is -3.72. The first-order valence-corrected chi connectivity index (χ1v) is 9.14. The van der Waals surface area contributed by atoms with Crippen molar-refractivity contribution < 1.29 is 26.8 Å². The monoisotopic (exact) mass is 417 g/mol. The summed E-state index contributed by atoms with van der Waals surface area (Å²) in [5.74, 6) is -1.57. The molecular weight excluding hydrogens is 398 g/mol. The largest absolute Gasteiger partial charge is 0.408 e. The zero-order valence-electron chi connectivity index (χ0n) is 15.5. The molecule has 0 aliphatic carbocycles. The Bertz CT molecular complexity index is 930. The van der Waals surface area contributed by atoms with E-state index in [2.05, 4.69) is 10.1 Å². The molecule has 2 aliphatic rings. The lowest BCUT2D eigenvalue weighted by Crippen LogP contribution is -2.53. The summed E-state index contributed by atoms with van der Waals surface area (Å²) in [4.78, 5) is 19.3. The number of halogens is 4. The second kappa shape index (κ2) is 7.32. The minimum Gasteiger partial charge on any atom is -0.377 e. The van der Waals surface area contributed by atoms with Crippen LogP contribution < -0.4 is 15.4 Å². The highest BCUT2D eigenvalue weighted by molar-refractivity contribution is 5.49. The van der Waals surface area contributed by atoms with Gasteiger partial charge in [0.25, 0.3) is 5.56 Å². The summed E-state index contributed by atoms with van der Waals surface area (Å²) >= 11 is 0. The normalized spacial score (nSPS) is 22.7. The van der Waals surface area contributed by atoms with Crippen molar-refractivity contribution in [3.63, 3.8) is 0 Å². The molecule has 2 atom stereocenters. The lowest BCUT2D eigenvalue weighted by Gasteiger charge is -2.40. The van der Waals surface area contributed by atoms with E-state index in [0.717, 1.165) is 9.47 Å². The van der Waals surface area contributed by atoms with Crippen molar-refractivity contribution in [3.05, 3.63) is 34.2 Å². The Morgan fingerprint density at radius 3 is 2.76 bits per heavy atom. The Morgan fingerprint density at radius 2 is 2.10 bits per heavy atom. The topological polar surface area (TPSA) is 76.6 Å². The molecule has 0 saturated carbocycles. The number of ether oxygens (including phenoxy) is 1. The van der Waals surface area contributed by atoms with Gasteiger partial charge in [0.2, 0.25) is 11.8 Å². The summed E-state index contributed by atoms with van der Waals surface area (Å²) in [5.41, 5.74) is -0.748. The number of morpholine rings is 1. The number of hydrogen-bond donors (Lipinski definition) is 0. The van der Waals surface area contributed by atoms with Crippen molar-refractivity contribution in [1.29, 1.82) is 0 Å². The van der Waals surface area contributed by atoms with Crippen LogP contribution in [0.5, 0.6) is 0 Å². The predicted molar refractivity (Wildman–Crippen MR) is 93.2 cm³/mol. The van der Waals surface area contributed by atoms with Gasteiger partial charge in [0.05, 0.1) is 25.8 Å². The standard InChI is InChI=1S/C17H19F4N5O3/c1-10-9-28-7-5-24(10)14-13(18)15(27)25-4-2-12(17(19,20)21)26(16(25)22-14)8-11-3-6-29-23-11/h3,6,10,12H,2,4-5,7-9H2,1H3. The maximum atomic E-state index is 14.8. The minimum atomic E-state index is -4.56. The van der Waals surface area contributed by atoms with Gasteiger partial charge in [-0.15, -0.1) is 0 Å². The van der Waals surface area contributed by atoms with Gasteiger partial charge in [-0.1, -0.05) is 5.16 Å². The van der Waals surface area contributed by atoms with Crippen molar-refractivity contribution in [2.24, 2.45) is 0 Å². The number of alkyl halides is 3. The van der Waals surface area contributed by atoms with Crippen molar-refractivity contribution in [2.75, 3.05) is 29.6 Å². The Balaban J connectivity index is 1.83. The van der Waals surface area contributed by atoms with E-state index in [-0.39, 0.29) is 43.1 Å². The lowest BCUT2D eigenvalue weighted by molar-refractivity contribution is -0.153. The number of anilines is 2. The summed E-state index contributed by atoms with van der Waals surface area (Å²) in [7, 11) is 0. The molecule has 0 radical (unpaired) electrons. The molecular formula is C17H19F4N5O3. The maximum absolute atomic E-state index is 14.8. The molecule has 1 saturated heterocycles. The summed E-state index contributed by atoms with van der Waals surface area (Å²) in [6.45, 7) is 2.08. The van der Waals surface area contributed by atoms with Crippen LogP contribution in [0.3, 0.4) is 0 Å². The highest BCUT2D eigenvalue weighted by atomic mass is 19.4. The van der Waals surface area contributed by atoms with Gasteiger partial charge in [0.1, 0.15) is 18.0 Å². The van der Waals surface area contributed by atoms with Crippen LogP contribution in [0.4, 0.5) is 29.3 Å². The molecule has 2 aromatic heterocycles. The number of aromatic nitrogens is 3. The van der Waals surface area contributed by atoms with E-state index >= 15 is 0 Å². The summed E-state index contributed by atoms with van der Waals surface area (Å²) in [6, 6.07) is -0.732. The SMILES string of the molecule is CC1COCCN1c1nc2n(c(=O)c1F)CCC(C(F)(F)F)N2Cc1ccon1. The molecule has 4 heterocycles. The molecule has 8 nitrogen and oxygen atoms in total. The molecule has 2 aliphatic heterocycles. The fourth-order valence-electron chi connectivity index (χ4n) is 3.72. The maximum Gasteiger partial charge on any atom is 0.408 e. The van der Waals surface area contributed by atoms with Gasteiger partial charge in [0.15, 0.2) is 5.82 Å². The van der Waals surface area contributed by atoms with E-state index in [4.69, 9.17) is 9.26 Å². The van der Waals surface area contributed by atoms with Gasteiger partial charge >= 0.3 is 6.18 Å². The highest BCUT2D eigenvalue weighted by Gasteiger charge is 2.47. The molecule has 1 fully saturated rings. The first-order valence-electron chi connectivity index (χ1n) is 9.14. The fourth-order valence-corrected chi connectivity index (χ4v) is 3.72. The van der Waals surface area contributed by atoms with E-state index in [1.54, 1.807) is 11.8 Å². The Hall–Kier alpha value is -2.63. The molecule has 12 heteroatoms. The molecule has 0 amide bonds. The summed E-state index contributed by atoms with van der Waals surface area (Å²) in [5, 5.41) is 3.66. The first kappa shape index (κ1) is 19.7. The van der Waals surface area contributed by atoms with Gasteiger partial charge in [-0.05, 0) is 13.3 Å². The van der Waals surface area contributed by atoms with E-state index in [9.17, 15) is 22.4 Å². The van der Waals surface area contributed by atoms with Crippen molar-refractivity contribution >= 4 is 11.8 Å². The molecule has 29 heavy (non-hydrogen) atoms. The molecule has 2 aromatic rings. The van der Waals surface area contributed by atoms with Gasteiger partial charge in [-0.3, -0.25) is 9.36 Å². The van der Waals surface area contributed by atoms with Crippen molar-refractivity contribution in [1.82, 2.24) is 14.7 Å². The van der Waals surface area contributed by atoms with Crippen LogP contribution >= 0.6 is 0 Å². The van der Waals surface area contributed by atoms with Crippen LogP contribution in [0.1, 0.15) is 19.0 Å². The third-order valence-corrected chi connectivity index (χ3v) is 5.18. The molecule has 0 N–H and O–H groups in total. The van der Waals surface area contributed by atoms with Crippen molar-refractivity contribution in [3.8, 4) is 0 Å². The van der Waals surface area contributed by atoms with Crippen LogP contribution in [-0.2, 0) is 17.8 Å². The van der Waals surface area contributed by atoms with E-state index in [1.165, 1.54) is 12.3 Å². The Labute approximate surface area is 162 Å². The van der Waals surface area contributed by atoms with Crippen LogP contribution in [0, 0.1) is 5.82 Å². The van der Waals surface area contributed by atoms with Gasteiger partial charge in [0, 0.05) is 19.2 Å². The molecule has 158 valence electrons. The lowest BCUT2D eigenvalue weighted by atomic mass is 10.1. The smallest absolute Gasteiger partial charge is 0.377 e. The number of rotatable bonds is 3. The second-order valence-corrected chi connectivity index (χ2v) is 7.09. The van der Waals surface area contributed by atoms with Crippen LogP contribution in [0.25, 0.3) is 0 Å². The van der Waals surface area contributed by atoms with Crippen molar-refractivity contribution in [2.45, 2.75) is 44.7 Å². The van der Waals surface area contributed by atoms with Gasteiger partial charge in [-0.25, -0.2) is 0 Å². The Kier molecular flexibility index (Phi) is 4.97. The number of fused-ring (bicyclic) bond motifs is 1. The highest BCUT2D eigenvalue weighted by Crippen LogP contribution is 2.35. The summed E-state index contributed by atoms with van der Waals surface area (Å²) < 4.78 is 66.9. The van der Waals surface area contributed by atoms with Crippen LogP contribution in [0.2, 0.25) is 0 Å². The van der Waals surface area contributed by atoms with Gasteiger partial charge < -0.3 is 19.1 Å². The first-order chi connectivity index (χ1) is 13.8. The molecule has 2 unspecified atom stereocenters. The van der Waals surface area contributed by atoms with Crippen LogP contribution in [-0.4, -0.2) is 52.7 Å². The van der Waals surface area contributed by atoms with Crippen LogP contribution in [0.15, 0.2) is 21.6 Å². The van der Waals surface area contributed by atoms with E-state index in [0.29, 0.717) is 13.2 Å². The van der Waals surface area contributed by atoms with E-state index < -0.39 is 30.0 Å². The minimum absolute atomic E-state index is 0.235. The molecule has 0 aromatic carbocycles. The zero-order chi connectivity index (χ0) is 20.8. The van der Waals surface area contributed by atoms with Gasteiger partial charge in [-0.2, -0.15) is 22.5 Å². The number of hydrogen-bond acceptors (Lipinski definition) is 7. The molecule has 4 rings (SSSR count).